The Balaban J connectivity index is 0.000000771. The molecule has 1 aromatic carbocycles. The molecule has 0 saturated heterocycles. The molecule has 0 spiro atoms. The first-order valence-electron chi connectivity index (χ1n) is 6.92. The SMILES string of the molecule is CC.CCc1cn(CCCOC)c2ccccc12. The van der Waals surface area contributed by atoms with Gasteiger partial charge in [-0.2, -0.15) is 0 Å². The number of rotatable bonds is 5. The van der Waals surface area contributed by atoms with E-state index in [1.54, 1.807) is 7.11 Å². The highest BCUT2D eigenvalue weighted by atomic mass is 16.5. The van der Waals surface area contributed by atoms with Gasteiger partial charge >= 0.3 is 0 Å². The Kier molecular flexibility index (Phi) is 6.51. The maximum Gasteiger partial charge on any atom is 0.0483 e. The third-order valence-corrected chi connectivity index (χ3v) is 3.00. The summed E-state index contributed by atoms with van der Waals surface area (Å²) in [5.74, 6) is 0. The number of methoxy groups -OCH3 is 1. The lowest BCUT2D eigenvalue weighted by Gasteiger charge is -2.04. The van der Waals surface area contributed by atoms with Crippen molar-refractivity contribution in [1.82, 2.24) is 4.57 Å². The van der Waals surface area contributed by atoms with E-state index in [0.717, 1.165) is 26.0 Å². The highest BCUT2D eigenvalue weighted by molar-refractivity contribution is 5.83. The van der Waals surface area contributed by atoms with Crippen LogP contribution in [0.1, 0.15) is 32.8 Å². The molecular weight excluding hydrogens is 222 g/mol. The highest BCUT2D eigenvalue weighted by Crippen LogP contribution is 2.21. The monoisotopic (exact) mass is 247 g/mol. The summed E-state index contributed by atoms with van der Waals surface area (Å²) in [6.45, 7) is 8.07. The maximum atomic E-state index is 5.10. The van der Waals surface area contributed by atoms with Crippen molar-refractivity contribution in [3.05, 3.63) is 36.0 Å². The van der Waals surface area contributed by atoms with E-state index < -0.39 is 0 Å². The van der Waals surface area contributed by atoms with Gasteiger partial charge < -0.3 is 9.30 Å². The molecule has 0 amide bonds. The number of ether oxygens (including phenoxy) is 1. The molecule has 0 aliphatic carbocycles. The van der Waals surface area contributed by atoms with Crippen molar-refractivity contribution in [2.45, 2.75) is 40.2 Å². The third-order valence-electron chi connectivity index (χ3n) is 3.00. The Hall–Kier alpha value is -1.28. The van der Waals surface area contributed by atoms with Gasteiger partial charge in [-0.3, -0.25) is 0 Å². The highest BCUT2D eigenvalue weighted by Gasteiger charge is 2.05. The Bertz CT molecular complexity index is 459. The molecule has 18 heavy (non-hydrogen) atoms. The van der Waals surface area contributed by atoms with Crippen molar-refractivity contribution in [3.8, 4) is 0 Å². The van der Waals surface area contributed by atoms with Crippen LogP contribution in [0.25, 0.3) is 10.9 Å². The summed E-state index contributed by atoms with van der Waals surface area (Å²) in [7, 11) is 1.76. The van der Waals surface area contributed by atoms with Crippen LogP contribution in [0.15, 0.2) is 30.5 Å². The largest absolute Gasteiger partial charge is 0.385 e. The lowest BCUT2D eigenvalue weighted by atomic mass is 10.1. The number of aromatic nitrogens is 1. The van der Waals surface area contributed by atoms with E-state index in [1.807, 2.05) is 13.8 Å². The quantitative estimate of drug-likeness (QED) is 0.720. The average Bonchev–Trinajstić information content (AvgIpc) is 2.80. The predicted molar refractivity (Wildman–Crippen MR) is 79.2 cm³/mol. The third kappa shape index (κ3) is 3.36. The summed E-state index contributed by atoms with van der Waals surface area (Å²) in [5.41, 5.74) is 2.78. The van der Waals surface area contributed by atoms with Crippen LogP contribution in [0.4, 0.5) is 0 Å². The van der Waals surface area contributed by atoms with E-state index >= 15 is 0 Å². The molecule has 2 aromatic rings. The first kappa shape index (κ1) is 14.8. The number of nitrogens with zero attached hydrogens (tertiary/aromatic N) is 1. The van der Waals surface area contributed by atoms with Crippen LogP contribution in [0.3, 0.4) is 0 Å². The van der Waals surface area contributed by atoms with Gasteiger partial charge in [0.05, 0.1) is 0 Å². The molecule has 0 aliphatic heterocycles. The zero-order valence-electron chi connectivity index (χ0n) is 12.1. The average molecular weight is 247 g/mol. The Morgan fingerprint density at radius 3 is 2.56 bits per heavy atom. The topological polar surface area (TPSA) is 14.2 Å². The van der Waals surface area contributed by atoms with Crippen LogP contribution >= 0.6 is 0 Å². The first-order valence-corrected chi connectivity index (χ1v) is 6.92. The van der Waals surface area contributed by atoms with Crippen molar-refractivity contribution < 1.29 is 4.74 Å². The second-order valence-electron chi connectivity index (χ2n) is 4.06. The van der Waals surface area contributed by atoms with E-state index in [9.17, 15) is 0 Å². The van der Waals surface area contributed by atoms with Gasteiger partial charge in [-0.1, -0.05) is 39.0 Å². The summed E-state index contributed by atoms with van der Waals surface area (Å²) in [6, 6.07) is 8.62. The molecule has 2 heteroatoms. The van der Waals surface area contributed by atoms with E-state index in [0.29, 0.717) is 0 Å². The number of benzene rings is 1. The van der Waals surface area contributed by atoms with Crippen LogP contribution in [0, 0.1) is 0 Å². The second-order valence-corrected chi connectivity index (χ2v) is 4.06. The van der Waals surface area contributed by atoms with E-state index in [4.69, 9.17) is 4.74 Å². The van der Waals surface area contributed by atoms with Gasteiger partial charge in [-0.15, -0.1) is 0 Å². The van der Waals surface area contributed by atoms with Gasteiger partial charge in [0.1, 0.15) is 0 Å². The van der Waals surface area contributed by atoms with Crippen molar-refractivity contribution in [3.63, 3.8) is 0 Å². The van der Waals surface area contributed by atoms with Crippen LogP contribution in [0.5, 0.6) is 0 Å². The smallest absolute Gasteiger partial charge is 0.0483 e. The van der Waals surface area contributed by atoms with Crippen molar-refractivity contribution in [2.24, 2.45) is 0 Å². The summed E-state index contributed by atoms with van der Waals surface area (Å²) < 4.78 is 7.44. The van der Waals surface area contributed by atoms with Crippen molar-refractivity contribution >= 4 is 10.9 Å². The summed E-state index contributed by atoms with van der Waals surface area (Å²) in [4.78, 5) is 0. The summed E-state index contributed by atoms with van der Waals surface area (Å²) >= 11 is 0. The zero-order chi connectivity index (χ0) is 13.4. The van der Waals surface area contributed by atoms with Crippen molar-refractivity contribution in [2.75, 3.05) is 13.7 Å². The summed E-state index contributed by atoms with van der Waals surface area (Å²) in [6.07, 6.45) is 4.44. The normalized spacial score (nSPS) is 10.2. The minimum Gasteiger partial charge on any atom is -0.385 e. The molecule has 0 saturated carbocycles. The number of para-hydroxylation sites is 1. The zero-order valence-corrected chi connectivity index (χ0v) is 12.1. The Morgan fingerprint density at radius 1 is 1.17 bits per heavy atom. The number of hydrogen-bond acceptors (Lipinski definition) is 1. The van der Waals surface area contributed by atoms with Gasteiger partial charge in [0, 0.05) is 37.4 Å². The molecule has 2 rings (SSSR count). The molecule has 2 nitrogen and oxygen atoms in total. The van der Waals surface area contributed by atoms with Gasteiger partial charge in [-0.05, 0) is 24.5 Å². The molecule has 0 aliphatic rings. The van der Waals surface area contributed by atoms with E-state index in [1.165, 1.54) is 16.5 Å². The standard InChI is InChI=1S/C14H19NO.C2H6/c1-3-12-11-15(9-6-10-16-2)14-8-5-4-7-13(12)14;1-2/h4-5,7-8,11H,3,6,9-10H2,1-2H3;1-2H3. The molecule has 100 valence electrons. The van der Waals surface area contributed by atoms with Gasteiger partial charge in [0.15, 0.2) is 0 Å². The molecule has 1 aromatic heterocycles. The van der Waals surface area contributed by atoms with Gasteiger partial charge in [0.25, 0.3) is 0 Å². The van der Waals surface area contributed by atoms with Crippen LogP contribution in [-0.4, -0.2) is 18.3 Å². The molecule has 0 N–H and O–H groups in total. The first-order chi connectivity index (χ1) is 8.86. The van der Waals surface area contributed by atoms with Crippen LogP contribution in [-0.2, 0) is 17.7 Å². The van der Waals surface area contributed by atoms with Gasteiger partial charge in [-0.25, -0.2) is 0 Å². The van der Waals surface area contributed by atoms with Crippen LogP contribution in [0.2, 0.25) is 0 Å². The molecule has 0 radical (unpaired) electrons. The van der Waals surface area contributed by atoms with Gasteiger partial charge in [0.2, 0.25) is 0 Å². The molecule has 0 unspecified atom stereocenters. The lowest BCUT2D eigenvalue weighted by Crippen LogP contribution is -1.99. The maximum absolute atomic E-state index is 5.10. The molecule has 0 fully saturated rings. The Labute approximate surface area is 111 Å². The second kappa shape index (κ2) is 7.93. The number of hydrogen-bond donors (Lipinski definition) is 0. The van der Waals surface area contributed by atoms with E-state index in [-0.39, 0.29) is 0 Å². The molecule has 0 bridgehead atoms. The van der Waals surface area contributed by atoms with Crippen molar-refractivity contribution in [1.29, 1.82) is 0 Å². The molecule has 0 atom stereocenters. The van der Waals surface area contributed by atoms with E-state index in [2.05, 4.69) is 42.0 Å². The number of fused-ring (bicyclic) bond motifs is 1. The fourth-order valence-electron chi connectivity index (χ4n) is 2.17. The minimum atomic E-state index is 0.827. The fourth-order valence-corrected chi connectivity index (χ4v) is 2.17. The Morgan fingerprint density at radius 2 is 1.89 bits per heavy atom. The molecular formula is C16H25NO. The number of aryl methyl sites for hydroxylation is 2. The minimum absolute atomic E-state index is 0.827. The fraction of sp³-hybridized carbons (Fsp3) is 0.500. The lowest BCUT2D eigenvalue weighted by molar-refractivity contribution is 0.190. The molecule has 1 heterocycles. The summed E-state index contributed by atoms with van der Waals surface area (Å²) in [5, 5.41) is 1.39. The predicted octanol–water partition coefficient (Wildman–Crippen LogP) is 4.27. The van der Waals surface area contributed by atoms with Crippen LogP contribution < -0.4 is 0 Å².